The fraction of sp³-hybridized carbons (Fsp3) is 0.343. The van der Waals surface area contributed by atoms with Crippen molar-refractivity contribution >= 4 is 30.1 Å². The topological polar surface area (TPSA) is 143 Å². The minimum atomic E-state index is -1.19. The molecule has 4 atom stereocenters. The zero-order valence-electron chi connectivity index (χ0n) is 25.9. The van der Waals surface area contributed by atoms with E-state index in [4.69, 9.17) is 4.74 Å². The van der Waals surface area contributed by atoms with Crippen LogP contribution in [0, 0.1) is 5.92 Å². The molecule has 0 saturated carbocycles. The van der Waals surface area contributed by atoms with Crippen molar-refractivity contribution in [1.82, 2.24) is 21.3 Å². The van der Waals surface area contributed by atoms with E-state index in [-0.39, 0.29) is 18.9 Å². The molecular weight excluding hydrogens is 572 g/mol. The summed E-state index contributed by atoms with van der Waals surface area (Å²) in [6, 6.07) is 22.3. The van der Waals surface area contributed by atoms with Gasteiger partial charge in [-0.1, -0.05) is 105 Å². The Kier molecular flexibility index (Phi) is 13.8. The second kappa shape index (κ2) is 18.0. The molecule has 0 bridgehead atoms. The summed E-state index contributed by atoms with van der Waals surface area (Å²) in [5, 5.41) is 10.8. The Bertz CT molecular complexity index is 1390. The lowest BCUT2D eigenvalue weighted by Gasteiger charge is -2.26. The van der Waals surface area contributed by atoms with Gasteiger partial charge in [-0.2, -0.15) is 0 Å². The van der Waals surface area contributed by atoms with Crippen LogP contribution in [0.2, 0.25) is 0 Å². The first-order valence-corrected chi connectivity index (χ1v) is 15.1. The molecule has 0 radical (unpaired) electrons. The number of urea groups is 1. The quantitative estimate of drug-likeness (QED) is 0.143. The number of rotatable bonds is 16. The van der Waals surface area contributed by atoms with E-state index in [1.807, 2.05) is 74.5 Å². The summed E-state index contributed by atoms with van der Waals surface area (Å²) in [5.74, 6) is -1.71. The van der Waals surface area contributed by atoms with E-state index in [0.29, 0.717) is 24.7 Å². The summed E-state index contributed by atoms with van der Waals surface area (Å²) in [7, 11) is 0. The van der Waals surface area contributed by atoms with Gasteiger partial charge in [0.25, 0.3) is 0 Å². The predicted molar refractivity (Wildman–Crippen MR) is 171 cm³/mol. The van der Waals surface area contributed by atoms with Crippen molar-refractivity contribution < 1.29 is 28.7 Å². The van der Waals surface area contributed by atoms with E-state index >= 15 is 0 Å². The van der Waals surface area contributed by atoms with Crippen LogP contribution in [-0.4, -0.2) is 54.8 Å². The molecule has 0 spiro atoms. The number of hydrogen-bond acceptors (Lipinski definition) is 6. The zero-order chi connectivity index (χ0) is 32.6. The van der Waals surface area contributed by atoms with Crippen molar-refractivity contribution in [3.8, 4) is 0 Å². The van der Waals surface area contributed by atoms with Crippen LogP contribution < -0.4 is 21.3 Å². The molecule has 4 amide bonds. The lowest BCUT2D eigenvalue weighted by molar-refractivity contribution is -0.145. The van der Waals surface area contributed by atoms with E-state index in [9.17, 15) is 24.0 Å². The molecule has 238 valence electrons. The third-order valence-corrected chi connectivity index (χ3v) is 6.96. The molecule has 3 aromatic carbocycles. The molecule has 0 fully saturated rings. The number of carbonyl (C=O) groups excluding carboxylic acids is 5. The van der Waals surface area contributed by atoms with Crippen molar-refractivity contribution in [2.24, 2.45) is 5.92 Å². The van der Waals surface area contributed by atoms with E-state index in [0.717, 1.165) is 11.1 Å². The Morgan fingerprint density at radius 2 is 1.24 bits per heavy atom. The third-order valence-electron chi connectivity index (χ3n) is 6.96. The standard InChI is InChI=1S/C35H42N4O6/c1-4-45-34(43)30(22-26-16-10-6-11-17-26)38-35(44)39-31(27-18-12-7-13-19-27)33(42)37-29(20-24(2)3)32(41)36-28(23-40)21-25-14-8-5-9-15-25/h5-19,23-24,28-31H,4,20-22H2,1-3H3,(H,36,41)(H,37,42)(H2,38,39,44). The highest BCUT2D eigenvalue weighted by atomic mass is 16.5. The average Bonchev–Trinajstić information content (AvgIpc) is 3.03. The van der Waals surface area contributed by atoms with Gasteiger partial charge in [-0.05, 0) is 42.4 Å². The second-order valence-corrected chi connectivity index (χ2v) is 11.1. The van der Waals surface area contributed by atoms with Crippen LogP contribution in [-0.2, 0) is 36.8 Å². The zero-order valence-corrected chi connectivity index (χ0v) is 25.9. The van der Waals surface area contributed by atoms with E-state index in [1.54, 1.807) is 37.3 Å². The molecule has 45 heavy (non-hydrogen) atoms. The van der Waals surface area contributed by atoms with Crippen LogP contribution in [0.4, 0.5) is 4.79 Å². The second-order valence-electron chi connectivity index (χ2n) is 11.1. The lowest BCUT2D eigenvalue weighted by atomic mass is 10.00. The normalized spacial score (nSPS) is 13.4. The van der Waals surface area contributed by atoms with E-state index < -0.39 is 48.0 Å². The molecule has 4 unspecified atom stereocenters. The van der Waals surface area contributed by atoms with Gasteiger partial charge in [-0.15, -0.1) is 0 Å². The Morgan fingerprint density at radius 1 is 0.689 bits per heavy atom. The van der Waals surface area contributed by atoms with Gasteiger partial charge in [-0.25, -0.2) is 9.59 Å². The summed E-state index contributed by atoms with van der Waals surface area (Å²) in [6.07, 6.45) is 1.46. The number of amides is 4. The van der Waals surface area contributed by atoms with E-state index in [2.05, 4.69) is 21.3 Å². The van der Waals surface area contributed by atoms with Crippen molar-refractivity contribution in [1.29, 1.82) is 0 Å². The van der Waals surface area contributed by atoms with Gasteiger partial charge in [0.2, 0.25) is 11.8 Å². The Hall–Kier alpha value is -4.99. The predicted octanol–water partition coefficient (Wildman–Crippen LogP) is 3.66. The van der Waals surface area contributed by atoms with Crippen LogP contribution >= 0.6 is 0 Å². The Labute approximate surface area is 264 Å². The number of aldehydes is 1. The molecule has 10 heteroatoms. The monoisotopic (exact) mass is 614 g/mol. The van der Waals surface area contributed by atoms with E-state index in [1.165, 1.54) is 0 Å². The molecule has 4 N–H and O–H groups in total. The lowest BCUT2D eigenvalue weighted by Crippen LogP contribution is -2.55. The van der Waals surface area contributed by atoms with Crippen molar-refractivity contribution in [3.05, 3.63) is 108 Å². The summed E-state index contributed by atoms with van der Waals surface area (Å²) in [5.41, 5.74) is 2.17. The van der Waals surface area contributed by atoms with Gasteiger partial charge < -0.3 is 30.8 Å². The third kappa shape index (κ3) is 11.6. The molecular formula is C35H42N4O6. The highest BCUT2D eigenvalue weighted by Gasteiger charge is 2.31. The molecule has 3 rings (SSSR count). The molecule has 0 aliphatic rings. The number of benzene rings is 3. The Morgan fingerprint density at radius 3 is 1.78 bits per heavy atom. The maximum Gasteiger partial charge on any atom is 0.329 e. The number of nitrogens with one attached hydrogen (secondary N) is 4. The molecule has 0 aromatic heterocycles. The van der Waals surface area contributed by atoms with Crippen LogP contribution in [0.3, 0.4) is 0 Å². The summed E-state index contributed by atoms with van der Waals surface area (Å²) in [6.45, 7) is 5.64. The fourth-order valence-corrected chi connectivity index (χ4v) is 4.81. The largest absolute Gasteiger partial charge is 0.464 e. The van der Waals surface area contributed by atoms with Gasteiger partial charge in [0.15, 0.2) is 0 Å². The first kappa shape index (κ1) is 34.5. The van der Waals surface area contributed by atoms with Crippen molar-refractivity contribution in [2.45, 2.75) is 64.2 Å². The number of ether oxygens (including phenoxy) is 1. The smallest absolute Gasteiger partial charge is 0.329 e. The van der Waals surface area contributed by atoms with Crippen LogP contribution in [0.1, 0.15) is 49.9 Å². The highest BCUT2D eigenvalue weighted by molar-refractivity contribution is 5.93. The van der Waals surface area contributed by atoms with Gasteiger partial charge in [0, 0.05) is 6.42 Å². The van der Waals surface area contributed by atoms with Crippen LogP contribution in [0.25, 0.3) is 0 Å². The summed E-state index contributed by atoms with van der Waals surface area (Å²) < 4.78 is 5.18. The summed E-state index contributed by atoms with van der Waals surface area (Å²) in [4.78, 5) is 64.9. The van der Waals surface area contributed by atoms with Crippen LogP contribution in [0.15, 0.2) is 91.0 Å². The van der Waals surface area contributed by atoms with Gasteiger partial charge >= 0.3 is 12.0 Å². The van der Waals surface area contributed by atoms with Crippen molar-refractivity contribution in [3.63, 3.8) is 0 Å². The average molecular weight is 615 g/mol. The highest BCUT2D eigenvalue weighted by Crippen LogP contribution is 2.15. The van der Waals surface area contributed by atoms with Gasteiger partial charge in [0.1, 0.15) is 24.4 Å². The van der Waals surface area contributed by atoms with Gasteiger partial charge in [-0.3, -0.25) is 9.59 Å². The van der Waals surface area contributed by atoms with Crippen LogP contribution in [0.5, 0.6) is 0 Å². The maximum atomic E-state index is 13.7. The van der Waals surface area contributed by atoms with Crippen molar-refractivity contribution in [2.75, 3.05) is 6.61 Å². The molecule has 10 nitrogen and oxygen atoms in total. The van der Waals surface area contributed by atoms with Gasteiger partial charge in [0.05, 0.1) is 12.6 Å². The molecule has 0 saturated heterocycles. The molecule has 3 aromatic rings. The maximum absolute atomic E-state index is 13.7. The molecule has 0 heterocycles. The summed E-state index contributed by atoms with van der Waals surface area (Å²) >= 11 is 0. The minimum absolute atomic E-state index is 0.0274. The first-order chi connectivity index (χ1) is 21.7. The Balaban J connectivity index is 1.77. The SMILES string of the molecule is CCOC(=O)C(Cc1ccccc1)NC(=O)NC(C(=O)NC(CC(C)C)C(=O)NC(C=O)Cc1ccccc1)c1ccccc1. The minimum Gasteiger partial charge on any atom is -0.464 e. The first-order valence-electron chi connectivity index (χ1n) is 15.1. The number of hydrogen-bond donors (Lipinski definition) is 4. The number of esters is 1. The molecule has 0 aliphatic carbocycles. The molecule has 0 aliphatic heterocycles. The number of carbonyl (C=O) groups is 5. The fourth-order valence-electron chi connectivity index (χ4n) is 4.81.